The fourth-order valence-electron chi connectivity index (χ4n) is 3.33. The quantitative estimate of drug-likeness (QED) is 0.647. The van der Waals surface area contributed by atoms with Gasteiger partial charge in [-0.15, -0.1) is 11.8 Å². The molecule has 0 aromatic heterocycles. The van der Waals surface area contributed by atoms with Crippen LogP contribution in [0.2, 0.25) is 0 Å². The van der Waals surface area contributed by atoms with E-state index in [-0.39, 0.29) is 35.0 Å². The molecule has 1 unspecified atom stereocenters. The van der Waals surface area contributed by atoms with Crippen molar-refractivity contribution >= 4 is 39.3 Å². The van der Waals surface area contributed by atoms with Crippen LogP contribution in [-0.4, -0.2) is 60.9 Å². The molecule has 2 aromatic carbocycles. The maximum absolute atomic E-state index is 12.9. The number of hydrogen-bond acceptors (Lipinski definition) is 6. The number of carbonyl (C=O) groups is 2. The van der Waals surface area contributed by atoms with Crippen LogP contribution in [0.4, 0.5) is 5.69 Å². The average molecular weight is 473 g/mol. The Balaban J connectivity index is 1.56. The Morgan fingerprint density at radius 2 is 1.62 bits per heavy atom. The van der Waals surface area contributed by atoms with Crippen molar-refractivity contribution in [3.8, 4) is 6.07 Å². The minimum atomic E-state index is -3.67. The minimum absolute atomic E-state index is 0.0450. The highest BCUT2D eigenvalue weighted by Crippen LogP contribution is 2.27. The second-order valence-electron chi connectivity index (χ2n) is 7.33. The minimum Gasteiger partial charge on any atom is -0.339 e. The SMILES string of the molecule is CC(=O)Nc1ccc(SC(C)C(=O)N2CCN(S(=O)(=O)c3ccc(C#N)cc3)CC2)cc1. The molecule has 0 bridgehead atoms. The summed E-state index contributed by atoms with van der Waals surface area (Å²) in [5, 5.41) is 11.3. The Bertz CT molecular complexity index is 1120. The van der Waals surface area contributed by atoms with Gasteiger partial charge in [0.05, 0.1) is 21.8 Å². The van der Waals surface area contributed by atoms with Crippen molar-refractivity contribution in [2.45, 2.75) is 28.9 Å². The Hall–Kier alpha value is -2.87. The number of benzene rings is 2. The lowest BCUT2D eigenvalue weighted by Gasteiger charge is -2.35. The van der Waals surface area contributed by atoms with Gasteiger partial charge in [-0.1, -0.05) is 0 Å². The molecule has 1 saturated heterocycles. The van der Waals surface area contributed by atoms with E-state index in [0.29, 0.717) is 24.3 Å². The second-order valence-corrected chi connectivity index (χ2v) is 10.7. The number of sulfonamides is 1. The van der Waals surface area contributed by atoms with E-state index in [1.165, 1.54) is 47.3 Å². The van der Waals surface area contributed by atoms with Gasteiger partial charge in [-0.3, -0.25) is 9.59 Å². The summed E-state index contributed by atoms with van der Waals surface area (Å²) in [7, 11) is -3.67. The summed E-state index contributed by atoms with van der Waals surface area (Å²) < 4.78 is 27.1. The van der Waals surface area contributed by atoms with Crippen LogP contribution in [0.15, 0.2) is 58.3 Å². The predicted molar refractivity (Wildman–Crippen MR) is 123 cm³/mol. The molecule has 0 spiro atoms. The average Bonchev–Trinajstić information content (AvgIpc) is 2.79. The first-order valence-electron chi connectivity index (χ1n) is 10.0. The highest BCUT2D eigenvalue weighted by atomic mass is 32.2. The predicted octanol–water partition coefficient (Wildman–Crippen LogP) is 2.53. The van der Waals surface area contributed by atoms with Crippen molar-refractivity contribution in [3.63, 3.8) is 0 Å². The highest BCUT2D eigenvalue weighted by molar-refractivity contribution is 8.00. The van der Waals surface area contributed by atoms with E-state index in [0.717, 1.165) is 4.90 Å². The van der Waals surface area contributed by atoms with Crippen LogP contribution in [0.25, 0.3) is 0 Å². The number of nitrogens with zero attached hydrogens (tertiary/aromatic N) is 3. The molecule has 0 saturated carbocycles. The van der Waals surface area contributed by atoms with Gasteiger partial charge in [0.25, 0.3) is 0 Å². The molecule has 1 heterocycles. The lowest BCUT2D eigenvalue weighted by Crippen LogP contribution is -2.52. The first kappa shape index (κ1) is 23.8. The molecule has 0 radical (unpaired) electrons. The molecule has 1 fully saturated rings. The first-order valence-corrected chi connectivity index (χ1v) is 12.4. The Labute approximate surface area is 192 Å². The van der Waals surface area contributed by atoms with Crippen LogP contribution in [0, 0.1) is 11.3 Å². The van der Waals surface area contributed by atoms with E-state index in [4.69, 9.17) is 5.26 Å². The van der Waals surface area contributed by atoms with Crippen LogP contribution in [-0.2, 0) is 19.6 Å². The standard InChI is InChI=1S/C22H24N4O4S2/c1-16(31-20-7-5-19(6-8-20)24-17(2)27)22(28)25-11-13-26(14-12-25)32(29,30)21-9-3-18(15-23)4-10-21/h3-10,16H,11-14H2,1-2H3,(H,24,27). The third-order valence-electron chi connectivity index (χ3n) is 5.01. The molecule has 168 valence electrons. The molecular formula is C22H24N4O4S2. The van der Waals surface area contributed by atoms with Gasteiger partial charge < -0.3 is 10.2 Å². The molecule has 1 N–H and O–H groups in total. The number of rotatable bonds is 6. The molecule has 8 nitrogen and oxygen atoms in total. The van der Waals surface area contributed by atoms with Crippen molar-refractivity contribution in [1.29, 1.82) is 5.26 Å². The number of thioether (sulfide) groups is 1. The van der Waals surface area contributed by atoms with Crippen LogP contribution in [0.3, 0.4) is 0 Å². The van der Waals surface area contributed by atoms with Gasteiger partial charge in [-0.05, 0) is 55.5 Å². The molecule has 1 aliphatic heterocycles. The summed E-state index contributed by atoms with van der Waals surface area (Å²) in [6, 6.07) is 15.1. The van der Waals surface area contributed by atoms with Gasteiger partial charge in [-0.2, -0.15) is 9.57 Å². The molecule has 1 atom stereocenters. The Kier molecular flexibility index (Phi) is 7.56. The van der Waals surface area contributed by atoms with Crippen LogP contribution in [0.5, 0.6) is 0 Å². The second kappa shape index (κ2) is 10.2. The molecule has 1 aliphatic rings. The van der Waals surface area contributed by atoms with Crippen LogP contribution in [0.1, 0.15) is 19.4 Å². The number of amides is 2. The van der Waals surface area contributed by atoms with Crippen molar-refractivity contribution in [2.75, 3.05) is 31.5 Å². The molecule has 32 heavy (non-hydrogen) atoms. The molecule has 2 aromatic rings. The highest BCUT2D eigenvalue weighted by Gasteiger charge is 2.31. The van der Waals surface area contributed by atoms with Crippen molar-refractivity contribution in [2.24, 2.45) is 0 Å². The van der Waals surface area contributed by atoms with Crippen molar-refractivity contribution < 1.29 is 18.0 Å². The molecule has 0 aliphatic carbocycles. The molecule has 2 amide bonds. The topological polar surface area (TPSA) is 111 Å². The van der Waals surface area contributed by atoms with Crippen LogP contribution >= 0.6 is 11.8 Å². The van der Waals surface area contributed by atoms with E-state index in [2.05, 4.69) is 5.32 Å². The van der Waals surface area contributed by atoms with E-state index in [9.17, 15) is 18.0 Å². The lowest BCUT2D eigenvalue weighted by molar-refractivity contribution is -0.131. The summed E-state index contributed by atoms with van der Waals surface area (Å²) in [6.07, 6.45) is 0. The van der Waals surface area contributed by atoms with Gasteiger partial charge in [0.1, 0.15) is 0 Å². The van der Waals surface area contributed by atoms with E-state index in [1.807, 2.05) is 25.1 Å². The largest absolute Gasteiger partial charge is 0.339 e. The molecular weight excluding hydrogens is 448 g/mol. The number of anilines is 1. The van der Waals surface area contributed by atoms with Gasteiger partial charge in [0.2, 0.25) is 21.8 Å². The summed E-state index contributed by atoms with van der Waals surface area (Å²) >= 11 is 1.42. The summed E-state index contributed by atoms with van der Waals surface area (Å²) in [5.41, 5.74) is 1.09. The third-order valence-corrected chi connectivity index (χ3v) is 8.02. The van der Waals surface area contributed by atoms with Gasteiger partial charge in [0, 0.05) is 43.7 Å². The summed E-state index contributed by atoms with van der Waals surface area (Å²) in [5.74, 6) is -0.189. The number of nitriles is 1. The summed E-state index contributed by atoms with van der Waals surface area (Å²) in [6.45, 7) is 4.35. The van der Waals surface area contributed by atoms with Crippen molar-refractivity contribution in [1.82, 2.24) is 9.21 Å². The van der Waals surface area contributed by atoms with Crippen molar-refractivity contribution in [3.05, 3.63) is 54.1 Å². The smallest absolute Gasteiger partial charge is 0.243 e. The molecule has 10 heteroatoms. The third kappa shape index (κ3) is 5.68. The maximum Gasteiger partial charge on any atom is 0.243 e. The normalized spacial score (nSPS) is 15.6. The summed E-state index contributed by atoms with van der Waals surface area (Å²) in [4.78, 5) is 26.7. The zero-order chi connectivity index (χ0) is 23.3. The van der Waals surface area contributed by atoms with Crippen LogP contribution < -0.4 is 5.32 Å². The number of nitrogens with one attached hydrogen (secondary N) is 1. The van der Waals surface area contributed by atoms with Gasteiger partial charge in [-0.25, -0.2) is 8.42 Å². The fourth-order valence-corrected chi connectivity index (χ4v) is 5.70. The van der Waals surface area contributed by atoms with Gasteiger partial charge >= 0.3 is 0 Å². The molecule has 3 rings (SSSR count). The van der Waals surface area contributed by atoms with E-state index >= 15 is 0 Å². The first-order chi connectivity index (χ1) is 15.2. The number of piperazine rings is 1. The fraction of sp³-hybridized carbons (Fsp3) is 0.318. The zero-order valence-electron chi connectivity index (χ0n) is 17.8. The number of carbonyl (C=O) groups excluding carboxylic acids is 2. The monoisotopic (exact) mass is 472 g/mol. The Morgan fingerprint density at radius 3 is 2.16 bits per heavy atom. The Morgan fingerprint density at radius 1 is 1.03 bits per heavy atom. The zero-order valence-corrected chi connectivity index (χ0v) is 19.4. The maximum atomic E-state index is 12.9. The number of hydrogen-bond donors (Lipinski definition) is 1. The lowest BCUT2D eigenvalue weighted by atomic mass is 10.2. The van der Waals surface area contributed by atoms with Gasteiger partial charge in [0.15, 0.2) is 0 Å². The van der Waals surface area contributed by atoms with E-state index < -0.39 is 10.0 Å². The van der Waals surface area contributed by atoms with E-state index in [1.54, 1.807) is 17.0 Å².